The average molecular weight is 353 g/mol. The third kappa shape index (κ3) is 3.62. The summed E-state index contributed by atoms with van der Waals surface area (Å²) in [4.78, 5) is 6.87. The third-order valence-corrected chi connectivity index (χ3v) is 4.93. The molecule has 0 spiro atoms. The van der Waals surface area contributed by atoms with E-state index < -0.39 is 0 Å². The zero-order valence-corrected chi connectivity index (χ0v) is 14.6. The highest BCUT2D eigenvalue weighted by molar-refractivity contribution is 5.51. The van der Waals surface area contributed by atoms with Gasteiger partial charge in [-0.05, 0) is 62.2 Å². The number of halogens is 1. The van der Waals surface area contributed by atoms with Gasteiger partial charge in [-0.1, -0.05) is 11.2 Å². The summed E-state index contributed by atoms with van der Waals surface area (Å²) in [6.45, 7) is 4.65. The number of aryl methyl sites for hydroxylation is 1. The van der Waals surface area contributed by atoms with Crippen molar-refractivity contribution >= 4 is 0 Å². The standard InChI is InChI=1S/C19H20FN5O/c1-13-2-3-17(20)10-16(13)12-25-8-5-14(6-9-25)19-23-18(24-26-19)15-4-7-21-22-11-15/h2-4,7,10-11,14H,5-6,8-9,12H2,1H3. The van der Waals surface area contributed by atoms with Crippen molar-refractivity contribution < 1.29 is 8.91 Å². The predicted octanol–water partition coefficient (Wildman–Crippen LogP) is 3.35. The first-order valence-electron chi connectivity index (χ1n) is 8.77. The molecule has 0 amide bonds. The molecule has 0 unspecified atom stereocenters. The first-order valence-corrected chi connectivity index (χ1v) is 8.77. The van der Waals surface area contributed by atoms with Crippen LogP contribution in [-0.2, 0) is 6.54 Å². The zero-order chi connectivity index (χ0) is 17.9. The van der Waals surface area contributed by atoms with Crippen molar-refractivity contribution in [3.8, 4) is 11.4 Å². The molecule has 134 valence electrons. The minimum absolute atomic E-state index is 0.176. The zero-order valence-electron chi connectivity index (χ0n) is 14.6. The Hall–Kier alpha value is -2.67. The Morgan fingerprint density at radius 1 is 1.19 bits per heavy atom. The first kappa shape index (κ1) is 16.8. The topological polar surface area (TPSA) is 67.9 Å². The normalized spacial score (nSPS) is 16.1. The number of nitrogens with zero attached hydrogens (tertiary/aromatic N) is 5. The lowest BCUT2D eigenvalue weighted by atomic mass is 9.96. The molecule has 0 aliphatic carbocycles. The third-order valence-electron chi connectivity index (χ3n) is 4.93. The van der Waals surface area contributed by atoms with Crippen molar-refractivity contribution in [1.82, 2.24) is 25.2 Å². The van der Waals surface area contributed by atoms with Crippen LogP contribution in [0.2, 0.25) is 0 Å². The van der Waals surface area contributed by atoms with E-state index in [4.69, 9.17) is 4.52 Å². The molecule has 1 aliphatic heterocycles. The highest BCUT2D eigenvalue weighted by atomic mass is 19.1. The quantitative estimate of drug-likeness (QED) is 0.716. The van der Waals surface area contributed by atoms with E-state index in [-0.39, 0.29) is 11.7 Å². The lowest BCUT2D eigenvalue weighted by Gasteiger charge is -2.30. The monoisotopic (exact) mass is 353 g/mol. The number of hydrogen-bond donors (Lipinski definition) is 0. The lowest BCUT2D eigenvalue weighted by Crippen LogP contribution is -2.32. The molecule has 0 N–H and O–H groups in total. The van der Waals surface area contributed by atoms with Gasteiger partial charge in [0.1, 0.15) is 5.82 Å². The molecule has 0 atom stereocenters. The van der Waals surface area contributed by atoms with Crippen molar-refractivity contribution in [2.45, 2.75) is 32.2 Å². The summed E-state index contributed by atoms with van der Waals surface area (Å²) >= 11 is 0. The first-order chi connectivity index (χ1) is 12.7. The van der Waals surface area contributed by atoms with E-state index in [2.05, 4.69) is 25.2 Å². The van der Waals surface area contributed by atoms with Crippen LogP contribution in [0.25, 0.3) is 11.4 Å². The fraction of sp³-hybridized carbons (Fsp3) is 0.368. The van der Waals surface area contributed by atoms with E-state index >= 15 is 0 Å². The fourth-order valence-electron chi connectivity index (χ4n) is 3.33. The number of rotatable bonds is 4. The van der Waals surface area contributed by atoms with Crippen molar-refractivity contribution in [3.63, 3.8) is 0 Å². The van der Waals surface area contributed by atoms with E-state index in [0.29, 0.717) is 11.7 Å². The Balaban J connectivity index is 1.38. The van der Waals surface area contributed by atoms with Gasteiger partial charge in [-0.2, -0.15) is 15.2 Å². The largest absolute Gasteiger partial charge is 0.339 e. The lowest BCUT2D eigenvalue weighted by molar-refractivity contribution is 0.187. The average Bonchev–Trinajstić information content (AvgIpc) is 3.16. The van der Waals surface area contributed by atoms with Crippen LogP contribution in [0.4, 0.5) is 4.39 Å². The molecule has 3 aromatic rings. The molecule has 26 heavy (non-hydrogen) atoms. The van der Waals surface area contributed by atoms with Gasteiger partial charge in [0.2, 0.25) is 11.7 Å². The highest BCUT2D eigenvalue weighted by Crippen LogP contribution is 2.29. The van der Waals surface area contributed by atoms with Gasteiger partial charge in [0, 0.05) is 18.0 Å². The highest BCUT2D eigenvalue weighted by Gasteiger charge is 2.25. The Morgan fingerprint density at radius 2 is 2.04 bits per heavy atom. The van der Waals surface area contributed by atoms with Gasteiger partial charge in [-0.15, -0.1) is 0 Å². The van der Waals surface area contributed by atoms with Gasteiger partial charge in [0.15, 0.2) is 0 Å². The van der Waals surface area contributed by atoms with Gasteiger partial charge in [0.05, 0.1) is 12.4 Å². The minimum Gasteiger partial charge on any atom is -0.339 e. The molecule has 4 rings (SSSR count). The second-order valence-corrected chi connectivity index (χ2v) is 6.71. The molecule has 6 nitrogen and oxygen atoms in total. The molecular formula is C19H20FN5O. The van der Waals surface area contributed by atoms with Crippen molar-refractivity contribution in [1.29, 1.82) is 0 Å². The second-order valence-electron chi connectivity index (χ2n) is 6.71. The molecule has 1 aromatic carbocycles. The summed E-state index contributed by atoms with van der Waals surface area (Å²) in [5.41, 5.74) is 2.98. The Labute approximate surface area is 151 Å². The van der Waals surface area contributed by atoms with Gasteiger partial charge in [0.25, 0.3) is 0 Å². The fourth-order valence-corrected chi connectivity index (χ4v) is 3.33. The predicted molar refractivity (Wildman–Crippen MR) is 93.7 cm³/mol. The van der Waals surface area contributed by atoms with Gasteiger partial charge in [-0.3, -0.25) is 4.90 Å². The Kier molecular flexibility index (Phi) is 4.71. The van der Waals surface area contributed by atoms with Crippen molar-refractivity contribution in [2.24, 2.45) is 0 Å². The van der Waals surface area contributed by atoms with E-state index in [0.717, 1.165) is 49.2 Å². The van der Waals surface area contributed by atoms with Crippen LogP contribution in [0.15, 0.2) is 41.2 Å². The molecule has 1 saturated heterocycles. The summed E-state index contributed by atoms with van der Waals surface area (Å²) in [5.74, 6) is 1.31. The van der Waals surface area contributed by atoms with Gasteiger partial charge in [-0.25, -0.2) is 4.39 Å². The van der Waals surface area contributed by atoms with Crippen molar-refractivity contribution in [3.05, 3.63) is 59.5 Å². The number of hydrogen-bond acceptors (Lipinski definition) is 6. The molecule has 0 radical (unpaired) electrons. The summed E-state index contributed by atoms with van der Waals surface area (Å²) in [5, 5.41) is 11.7. The summed E-state index contributed by atoms with van der Waals surface area (Å²) in [6, 6.07) is 6.79. The van der Waals surface area contributed by atoms with Gasteiger partial charge >= 0.3 is 0 Å². The van der Waals surface area contributed by atoms with E-state index in [1.54, 1.807) is 18.5 Å². The van der Waals surface area contributed by atoms with Crippen LogP contribution in [0, 0.1) is 12.7 Å². The molecule has 1 aliphatic rings. The maximum absolute atomic E-state index is 13.5. The minimum atomic E-state index is -0.176. The SMILES string of the molecule is Cc1ccc(F)cc1CN1CCC(c2nc(-c3ccnnc3)no2)CC1. The van der Waals surface area contributed by atoms with Crippen molar-refractivity contribution in [2.75, 3.05) is 13.1 Å². The van der Waals surface area contributed by atoms with E-state index in [1.807, 2.05) is 19.1 Å². The Bertz CT molecular complexity index is 875. The molecule has 7 heteroatoms. The molecule has 2 aromatic heterocycles. The maximum atomic E-state index is 13.5. The van der Waals surface area contributed by atoms with Crippen LogP contribution in [0.1, 0.15) is 35.8 Å². The number of benzene rings is 1. The summed E-state index contributed by atoms with van der Waals surface area (Å²) in [6.07, 6.45) is 5.13. The Morgan fingerprint density at radius 3 is 2.81 bits per heavy atom. The van der Waals surface area contributed by atoms with E-state index in [1.165, 1.54) is 6.07 Å². The van der Waals surface area contributed by atoms with Crippen LogP contribution < -0.4 is 0 Å². The maximum Gasteiger partial charge on any atom is 0.230 e. The molecular weight excluding hydrogens is 333 g/mol. The number of piperidine rings is 1. The molecule has 0 saturated carbocycles. The summed E-state index contributed by atoms with van der Waals surface area (Å²) < 4.78 is 18.9. The van der Waals surface area contributed by atoms with Crippen LogP contribution in [0.5, 0.6) is 0 Å². The van der Waals surface area contributed by atoms with Crippen LogP contribution in [-0.4, -0.2) is 38.3 Å². The molecule has 3 heterocycles. The summed E-state index contributed by atoms with van der Waals surface area (Å²) in [7, 11) is 0. The number of aromatic nitrogens is 4. The van der Waals surface area contributed by atoms with Crippen LogP contribution >= 0.6 is 0 Å². The molecule has 1 fully saturated rings. The molecule has 0 bridgehead atoms. The van der Waals surface area contributed by atoms with Crippen LogP contribution in [0.3, 0.4) is 0 Å². The van der Waals surface area contributed by atoms with Gasteiger partial charge < -0.3 is 4.52 Å². The van der Waals surface area contributed by atoms with E-state index in [9.17, 15) is 4.39 Å². The smallest absolute Gasteiger partial charge is 0.230 e. The second kappa shape index (κ2) is 7.29. The number of likely N-dealkylation sites (tertiary alicyclic amines) is 1.